The maximum atomic E-state index is 11.8. The van der Waals surface area contributed by atoms with Crippen molar-refractivity contribution in [3.8, 4) is 0 Å². The Bertz CT molecular complexity index is 785. The molecule has 0 aromatic carbocycles. The van der Waals surface area contributed by atoms with Crippen molar-refractivity contribution < 1.29 is 0 Å². The molecule has 2 aromatic heterocycles. The third kappa shape index (κ3) is 3.43. The first-order valence-electron chi connectivity index (χ1n) is 6.56. The minimum atomic E-state index is -0.567. The number of nitrogens with one attached hydrogen (secondary N) is 3. The predicted molar refractivity (Wildman–Crippen MR) is 82.9 cm³/mol. The van der Waals surface area contributed by atoms with Gasteiger partial charge in [-0.05, 0) is 6.42 Å². The minimum absolute atomic E-state index is 0.106. The van der Waals surface area contributed by atoms with E-state index in [4.69, 9.17) is 5.73 Å². The van der Waals surface area contributed by atoms with Crippen LogP contribution in [0, 0.1) is 0 Å². The van der Waals surface area contributed by atoms with Crippen LogP contribution in [0.1, 0.15) is 25.5 Å². The van der Waals surface area contributed by atoms with Gasteiger partial charge in [-0.3, -0.25) is 19.1 Å². The summed E-state index contributed by atoms with van der Waals surface area (Å²) in [6, 6.07) is 0. The quantitative estimate of drug-likeness (QED) is 0.609. The molecule has 2 aromatic rings. The SMILES string of the molecule is CCCCn1c(N)c(NCc2csc(=O)[nH]2)c(=O)[nH]c1=O. The molecule has 0 aliphatic carbocycles. The Labute approximate surface area is 123 Å². The molecule has 8 nitrogen and oxygen atoms in total. The third-order valence-corrected chi connectivity index (χ3v) is 3.72. The van der Waals surface area contributed by atoms with E-state index in [1.807, 2.05) is 6.92 Å². The van der Waals surface area contributed by atoms with Crippen molar-refractivity contribution in [2.75, 3.05) is 11.1 Å². The zero-order chi connectivity index (χ0) is 15.4. The second-order valence-electron chi connectivity index (χ2n) is 4.55. The molecule has 0 aliphatic rings. The molecule has 0 saturated carbocycles. The average molecular weight is 311 g/mol. The molecular weight excluding hydrogens is 294 g/mol. The normalized spacial score (nSPS) is 10.7. The lowest BCUT2D eigenvalue weighted by Crippen LogP contribution is -2.34. The molecule has 2 rings (SSSR count). The van der Waals surface area contributed by atoms with Crippen LogP contribution in [0.15, 0.2) is 19.8 Å². The molecule has 5 N–H and O–H groups in total. The van der Waals surface area contributed by atoms with Crippen LogP contribution in [-0.2, 0) is 13.1 Å². The number of nitrogen functional groups attached to an aromatic ring is 1. The van der Waals surface area contributed by atoms with Crippen LogP contribution < -0.4 is 27.2 Å². The zero-order valence-electron chi connectivity index (χ0n) is 11.6. The first-order chi connectivity index (χ1) is 10.0. The van der Waals surface area contributed by atoms with Gasteiger partial charge in [-0.25, -0.2) is 4.79 Å². The third-order valence-electron chi connectivity index (χ3n) is 3.00. The summed E-state index contributed by atoms with van der Waals surface area (Å²) in [4.78, 5) is 39.3. The van der Waals surface area contributed by atoms with Crippen molar-refractivity contribution in [1.29, 1.82) is 0 Å². The highest BCUT2D eigenvalue weighted by atomic mass is 32.1. The van der Waals surface area contributed by atoms with Gasteiger partial charge in [0.15, 0.2) is 0 Å². The summed E-state index contributed by atoms with van der Waals surface area (Å²) in [6.07, 6.45) is 1.69. The number of aromatic nitrogens is 3. The molecule has 0 fully saturated rings. The van der Waals surface area contributed by atoms with Gasteiger partial charge in [0.25, 0.3) is 5.56 Å². The highest BCUT2D eigenvalue weighted by Crippen LogP contribution is 2.12. The molecule has 114 valence electrons. The summed E-state index contributed by atoms with van der Waals surface area (Å²) in [5.41, 5.74) is 5.61. The highest BCUT2D eigenvalue weighted by molar-refractivity contribution is 7.07. The number of aromatic amines is 2. The fraction of sp³-hybridized carbons (Fsp3) is 0.417. The van der Waals surface area contributed by atoms with Crippen LogP contribution in [0.25, 0.3) is 0 Å². The Hall–Kier alpha value is -2.29. The van der Waals surface area contributed by atoms with E-state index in [0.717, 1.165) is 24.2 Å². The predicted octanol–water partition coefficient (Wildman–Crippen LogP) is 0.281. The van der Waals surface area contributed by atoms with Gasteiger partial charge in [0.2, 0.25) is 0 Å². The lowest BCUT2D eigenvalue weighted by atomic mass is 10.3. The number of nitrogens with zero attached hydrogens (tertiary/aromatic N) is 1. The molecule has 0 atom stereocenters. The van der Waals surface area contributed by atoms with E-state index in [-0.39, 0.29) is 22.9 Å². The second kappa shape index (κ2) is 6.44. The van der Waals surface area contributed by atoms with Crippen molar-refractivity contribution in [2.24, 2.45) is 0 Å². The van der Waals surface area contributed by atoms with Gasteiger partial charge in [-0.1, -0.05) is 24.7 Å². The number of hydrogen-bond donors (Lipinski definition) is 4. The molecule has 0 radical (unpaired) electrons. The van der Waals surface area contributed by atoms with Gasteiger partial charge in [0, 0.05) is 17.6 Å². The van der Waals surface area contributed by atoms with Crippen molar-refractivity contribution >= 4 is 22.8 Å². The maximum Gasteiger partial charge on any atom is 0.330 e. The van der Waals surface area contributed by atoms with Gasteiger partial charge in [0.05, 0.1) is 6.54 Å². The average Bonchev–Trinajstić information content (AvgIpc) is 2.84. The summed E-state index contributed by atoms with van der Waals surface area (Å²) in [5.74, 6) is 0.106. The van der Waals surface area contributed by atoms with Gasteiger partial charge in [-0.2, -0.15) is 0 Å². The van der Waals surface area contributed by atoms with Gasteiger partial charge >= 0.3 is 10.6 Å². The molecule has 0 amide bonds. The lowest BCUT2D eigenvalue weighted by Gasteiger charge is -2.13. The molecule has 21 heavy (non-hydrogen) atoms. The summed E-state index contributed by atoms with van der Waals surface area (Å²) >= 11 is 1.04. The Morgan fingerprint density at radius 3 is 2.71 bits per heavy atom. The van der Waals surface area contributed by atoms with E-state index >= 15 is 0 Å². The summed E-state index contributed by atoms with van der Waals surface area (Å²) in [6.45, 7) is 2.69. The number of thiazole rings is 1. The van der Waals surface area contributed by atoms with Gasteiger partial charge in [0.1, 0.15) is 11.5 Å². The number of unbranched alkanes of at least 4 members (excludes halogenated alkanes) is 1. The largest absolute Gasteiger partial charge is 0.383 e. The van der Waals surface area contributed by atoms with Crippen LogP contribution in [0.5, 0.6) is 0 Å². The summed E-state index contributed by atoms with van der Waals surface area (Å²) in [7, 11) is 0. The van der Waals surface area contributed by atoms with E-state index in [0.29, 0.717) is 12.2 Å². The van der Waals surface area contributed by atoms with Crippen molar-refractivity contribution in [1.82, 2.24) is 14.5 Å². The molecule has 0 unspecified atom stereocenters. The number of anilines is 2. The van der Waals surface area contributed by atoms with Gasteiger partial charge < -0.3 is 16.0 Å². The Balaban J connectivity index is 2.28. The zero-order valence-corrected chi connectivity index (χ0v) is 12.4. The van der Waals surface area contributed by atoms with E-state index in [2.05, 4.69) is 15.3 Å². The minimum Gasteiger partial charge on any atom is -0.383 e. The number of rotatable bonds is 6. The van der Waals surface area contributed by atoms with Crippen LogP contribution in [0.2, 0.25) is 0 Å². The second-order valence-corrected chi connectivity index (χ2v) is 5.39. The van der Waals surface area contributed by atoms with Crippen LogP contribution >= 0.6 is 11.3 Å². The Morgan fingerprint density at radius 2 is 2.10 bits per heavy atom. The highest BCUT2D eigenvalue weighted by Gasteiger charge is 2.12. The molecule has 0 saturated heterocycles. The van der Waals surface area contributed by atoms with E-state index in [1.54, 1.807) is 5.38 Å². The Kier molecular flexibility index (Phi) is 4.63. The monoisotopic (exact) mass is 311 g/mol. The molecule has 2 heterocycles. The van der Waals surface area contributed by atoms with E-state index in [9.17, 15) is 14.4 Å². The van der Waals surface area contributed by atoms with Crippen molar-refractivity contribution in [2.45, 2.75) is 32.9 Å². The van der Waals surface area contributed by atoms with Crippen molar-refractivity contribution in [3.05, 3.63) is 41.6 Å². The summed E-state index contributed by atoms with van der Waals surface area (Å²) < 4.78 is 1.34. The number of H-pyrrole nitrogens is 2. The Morgan fingerprint density at radius 1 is 1.33 bits per heavy atom. The van der Waals surface area contributed by atoms with Crippen LogP contribution in [-0.4, -0.2) is 14.5 Å². The molecule has 0 spiro atoms. The standard InChI is InChI=1S/C12H17N5O3S/c1-2-3-4-17-9(13)8(10(18)16-11(17)19)14-5-7-6-21-12(20)15-7/h6,14H,2-5,13H2,1H3,(H,15,20)(H,16,18,19). The van der Waals surface area contributed by atoms with Crippen molar-refractivity contribution in [3.63, 3.8) is 0 Å². The molecule has 9 heteroatoms. The van der Waals surface area contributed by atoms with Crippen LogP contribution in [0.3, 0.4) is 0 Å². The molecular formula is C12H17N5O3S. The fourth-order valence-electron chi connectivity index (χ4n) is 1.88. The smallest absolute Gasteiger partial charge is 0.330 e. The van der Waals surface area contributed by atoms with Crippen LogP contribution in [0.4, 0.5) is 11.5 Å². The summed E-state index contributed by atoms with van der Waals surface area (Å²) in [5, 5.41) is 4.52. The first-order valence-corrected chi connectivity index (χ1v) is 7.44. The number of hydrogen-bond acceptors (Lipinski definition) is 6. The molecule has 0 bridgehead atoms. The first kappa shape index (κ1) is 15.1. The lowest BCUT2D eigenvalue weighted by molar-refractivity contribution is 0.605. The number of nitrogens with two attached hydrogens (primary N) is 1. The maximum absolute atomic E-state index is 11.8. The van der Waals surface area contributed by atoms with E-state index in [1.165, 1.54) is 4.57 Å². The van der Waals surface area contributed by atoms with Gasteiger partial charge in [-0.15, -0.1) is 0 Å². The van der Waals surface area contributed by atoms with E-state index < -0.39 is 11.2 Å². The topological polar surface area (TPSA) is 126 Å². The molecule has 0 aliphatic heterocycles. The fourth-order valence-corrected chi connectivity index (χ4v) is 2.46.